The Balaban J connectivity index is 2.66. The number of carbonyl (C=O) groups excluding carboxylic acids is 1. The van der Waals surface area contributed by atoms with E-state index in [9.17, 15) is 22.8 Å². The van der Waals surface area contributed by atoms with Crippen molar-refractivity contribution in [3.05, 3.63) is 69.8 Å². The van der Waals surface area contributed by atoms with E-state index in [0.717, 1.165) is 12.1 Å². The van der Waals surface area contributed by atoms with Crippen LogP contribution in [-0.4, -0.2) is 34.6 Å². The minimum Gasteiger partial charge on any atom is -0.383 e. The number of hydrogen-bond donors (Lipinski definition) is 0. The summed E-state index contributed by atoms with van der Waals surface area (Å²) in [5, 5.41) is 4.17. The fraction of sp³-hybridized carbons (Fsp3) is 0.316. The topological polar surface area (TPSA) is 55.2 Å². The van der Waals surface area contributed by atoms with Crippen LogP contribution in [0.3, 0.4) is 0 Å². The van der Waals surface area contributed by atoms with Crippen LogP contribution >= 0.6 is 0 Å². The second kappa shape index (κ2) is 7.77. The number of ketones is 1. The highest BCUT2D eigenvalue weighted by molar-refractivity contribution is 6.28. The van der Waals surface area contributed by atoms with E-state index in [1.54, 1.807) is 27.9 Å². The number of rotatable bonds is 5. The smallest absolute Gasteiger partial charge is 0.383 e. The van der Waals surface area contributed by atoms with Gasteiger partial charge in [0.05, 0.1) is 22.9 Å². The van der Waals surface area contributed by atoms with E-state index >= 15 is 0 Å². The van der Waals surface area contributed by atoms with E-state index in [4.69, 9.17) is 0 Å². The Morgan fingerprint density at radius 2 is 1.78 bits per heavy atom. The van der Waals surface area contributed by atoms with Crippen LogP contribution in [0.15, 0.2) is 47.4 Å². The lowest BCUT2D eigenvalue weighted by molar-refractivity contribution is -0.137. The Bertz CT molecular complexity index is 928. The SMILES string of the molecule is CC(C)n1nc(C(=CN(C)C)C(=O)c2ccccc2C(F)(F)F)ccc1=O. The maximum Gasteiger partial charge on any atom is 0.417 e. The summed E-state index contributed by atoms with van der Waals surface area (Å²) in [5.41, 5.74) is -1.76. The molecular weight excluding hydrogens is 359 g/mol. The van der Waals surface area contributed by atoms with Gasteiger partial charge in [-0.2, -0.15) is 18.3 Å². The second-order valence-corrected chi connectivity index (χ2v) is 6.47. The van der Waals surface area contributed by atoms with Crippen LogP contribution < -0.4 is 5.56 Å². The Hall–Kier alpha value is -2.90. The maximum absolute atomic E-state index is 13.3. The van der Waals surface area contributed by atoms with Gasteiger partial charge in [0.1, 0.15) is 0 Å². The number of hydrogen-bond acceptors (Lipinski definition) is 4. The molecule has 0 spiro atoms. The fourth-order valence-corrected chi connectivity index (χ4v) is 2.51. The number of halogens is 3. The highest BCUT2D eigenvalue weighted by atomic mass is 19.4. The quantitative estimate of drug-likeness (QED) is 0.588. The van der Waals surface area contributed by atoms with E-state index in [1.807, 2.05) is 0 Å². The Morgan fingerprint density at radius 3 is 2.33 bits per heavy atom. The van der Waals surface area contributed by atoms with Crippen LogP contribution in [0.25, 0.3) is 5.57 Å². The van der Waals surface area contributed by atoms with E-state index in [0.29, 0.717) is 0 Å². The average molecular weight is 379 g/mol. The van der Waals surface area contributed by atoms with Crippen LogP contribution in [0.5, 0.6) is 0 Å². The van der Waals surface area contributed by atoms with Gasteiger partial charge in [0.2, 0.25) is 0 Å². The molecule has 0 radical (unpaired) electrons. The Labute approximate surface area is 154 Å². The monoisotopic (exact) mass is 379 g/mol. The predicted molar refractivity (Wildman–Crippen MR) is 96.3 cm³/mol. The molecule has 0 saturated heterocycles. The van der Waals surface area contributed by atoms with Gasteiger partial charge in [-0.1, -0.05) is 18.2 Å². The number of allylic oxidation sites excluding steroid dienone is 1. The van der Waals surface area contributed by atoms with Crippen molar-refractivity contribution in [2.24, 2.45) is 0 Å². The minimum absolute atomic E-state index is 0.0360. The number of carbonyl (C=O) groups is 1. The van der Waals surface area contributed by atoms with Crippen molar-refractivity contribution in [3.63, 3.8) is 0 Å². The molecule has 0 aliphatic heterocycles. The molecule has 1 heterocycles. The van der Waals surface area contributed by atoms with E-state index in [1.165, 1.54) is 40.0 Å². The lowest BCUT2D eigenvalue weighted by Crippen LogP contribution is -2.25. The van der Waals surface area contributed by atoms with Gasteiger partial charge in [-0.05, 0) is 26.0 Å². The minimum atomic E-state index is -4.67. The van der Waals surface area contributed by atoms with Gasteiger partial charge in [0.25, 0.3) is 5.56 Å². The molecule has 0 aliphatic rings. The van der Waals surface area contributed by atoms with Gasteiger partial charge in [0, 0.05) is 31.9 Å². The number of Topliss-reactive ketones (excluding diaryl/α,β-unsaturated/α-hetero) is 1. The van der Waals surface area contributed by atoms with Gasteiger partial charge in [-0.3, -0.25) is 9.59 Å². The van der Waals surface area contributed by atoms with Crippen molar-refractivity contribution < 1.29 is 18.0 Å². The number of alkyl halides is 3. The normalized spacial score (nSPS) is 12.4. The standard InChI is InChI=1S/C19H20F3N3O2/c1-12(2)25-17(26)10-9-16(23-25)14(11-24(3)4)18(27)13-7-5-6-8-15(13)19(20,21)22/h5-12H,1-4H3. The Kier molecular flexibility index (Phi) is 5.88. The molecule has 0 amide bonds. The van der Waals surface area contributed by atoms with Gasteiger partial charge in [-0.15, -0.1) is 0 Å². The van der Waals surface area contributed by atoms with Crippen molar-refractivity contribution in [1.82, 2.24) is 14.7 Å². The zero-order chi connectivity index (χ0) is 20.4. The van der Waals surface area contributed by atoms with E-state index < -0.39 is 23.1 Å². The van der Waals surface area contributed by atoms with Crippen molar-refractivity contribution in [1.29, 1.82) is 0 Å². The first-order chi connectivity index (χ1) is 12.5. The molecule has 0 fully saturated rings. The number of benzene rings is 1. The molecule has 2 rings (SSSR count). The molecule has 1 aromatic carbocycles. The van der Waals surface area contributed by atoms with Gasteiger partial charge >= 0.3 is 6.18 Å². The number of aromatic nitrogens is 2. The summed E-state index contributed by atoms with van der Waals surface area (Å²) in [5.74, 6) is -0.821. The molecule has 0 N–H and O–H groups in total. The van der Waals surface area contributed by atoms with Gasteiger partial charge in [-0.25, -0.2) is 4.68 Å². The molecule has 5 nitrogen and oxygen atoms in total. The molecule has 0 aliphatic carbocycles. The molecule has 0 saturated carbocycles. The molecule has 8 heteroatoms. The molecule has 1 aromatic heterocycles. The molecule has 0 unspecified atom stereocenters. The van der Waals surface area contributed by atoms with Gasteiger partial charge in [0.15, 0.2) is 5.78 Å². The van der Waals surface area contributed by atoms with Crippen LogP contribution in [-0.2, 0) is 6.18 Å². The average Bonchev–Trinajstić information content (AvgIpc) is 2.58. The van der Waals surface area contributed by atoms with Gasteiger partial charge < -0.3 is 4.90 Å². The number of nitrogens with zero attached hydrogens (tertiary/aromatic N) is 3. The highest BCUT2D eigenvalue weighted by Gasteiger charge is 2.35. The third-order valence-electron chi connectivity index (χ3n) is 3.70. The first kappa shape index (κ1) is 20.4. The van der Waals surface area contributed by atoms with Crippen LogP contribution in [0, 0.1) is 0 Å². The fourth-order valence-electron chi connectivity index (χ4n) is 2.51. The molecule has 27 heavy (non-hydrogen) atoms. The first-order valence-electron chi connectivity index (χ1n) is 8.21. The predicted octanol–water partition coefficient (Wildman–Crippen LogP) is 3.63. The largest absolute Gasteiger partial charge is 0.417 e. The van der Waals surface area contributed by atoms with Crippen LogP contribution in [0.1, 0.15) is 41.5 Å². The van der Waals surface area contributed by atoms with E-state index in [-0.39, 0.29) is 22.9 Å². The molecular formula is C19H20F3N3O2. The Morgan fingerprint density at radius 1 is 1.15 bits per heavy atom. The van der Waals surface area contributed by atoms with Crippen molar-refractivity contribution in [2.45, 2.75) is 26.1 Å². The third kappa shape index (κ3) is 4.64. The summed E-state index contributed by atoms with van der Waals surface area (Å²) < 4.78 is 41.1. The summed E-state index contributed by atoms with van der Waals surface area (Å²) in [7, 11) is 3.28. The van der Waals surface area contributed by atoms with Crippen molar-refractivity contribution in [3.8, 4) is 0 Å². The van der Waals surface area contributed by atoms with Crippen molar-refractivity contribution in [2.75, 3.05) is 14.1 Å². The second-order valence-electron chi connectivity index (χ2n) is 6.47. The highest BCUT2D eigenvalue weighted by Crippen LogP contribution is 2.33. The molecule has 2 aromatic rings. The summed E-state index contributed by atoms with van der Waals surface area (Å²) in [6.07, 6.45) is -3.27. The summed E-state index contributed by atoms with van der Waals surface area (Å²) in [6.45, 7) is 3.49. The first-order valence-corrected chi connectivity index (χ1v) is 8.21. The zero-order valence-electron chi connectivity index (χ0n) is 15.4. The van der Waals surface area contributed by atoms with Crippen LogP contribution in [0.4, 0.5) is 13.2 Å². The molecule has 0 atom stereocenters. The summed E-state index contributed by atoms with van der Waals surface area (Å²) in [6, 6.07) is 6.91. The lowest BCUT2D eigenvalue weighted by Gasteiger charge is -2.16. The van der Waals surface area contributed by atoms with Crippen molar-refractivity contribution >= 4 is 11.4 Å². The zero-order valence-corrected chi connectivity index (χ0v) is 15.4. The lowest BCUT2D eigenvalue weighted by atomic mass is 9.96. The van der Waals surface area contributed by atoms with E-state index in [2.05, 4.69) is 5.10 Å². The maximum atomic E-state index is 13.3. The molecule has 144 valence electrons. The summed E-state index contributed by atoms with van der Waals surface area (Å²) in [4.78, 5) is 26.4. The third-order valence-corrected chi connectivity index (χ3v) is 3.70. The summed E-state index contributed by atoms with van der Waals surface area (Å²) >= 11 is 0. The van der Waals surface area contributed by atoms with Crippen LogP contribution in [0.2, 0.25) is 0 Å². The molecule has 0 bridgehead atoms.